The van der Waals surface area contributed by atoms with Crippen molar-refractivity contribution in [1.29, 1.82) is 0 Å². The van der Waals surface area contributed by atoms with Crippen molar-refractivity contribution in [2.24, 2.45) is 0 Å². The first kappa shape index (κ1) is 18.9. The second kappa shape index (κ2) is 8.22. The van der Waals surface area contributed by atoms with Gasteiger partial charge in [0.1, 0.15) is 0 Å². The van der Waals surface area contributed by atoms with Crippen molar-refractivity contribution in [2.45, 2.75) is 44.9 Å². The molecule has 1 N–H and O–H groups in total. The zero-order valence-corrected chi connectivity index (χ0v) is 15.0. The van der Waals surface area contributed by atoms with Gasteiger partial charge in [0.25, 0.3) is 0 Å². The molecule has 0 unspecified atom stereocenters. The highest BCUT2D eigenvalue weighted by atomic mass is 19.4. The molecular weight excluding hydrogens is 341 g/mol. The van der Waals surface area contributed by atoms with Crippen LogP contribution in [-0.2, 0) is 12.7 Å². The highest BCUT2D eigenvalue weighted by Crippen LogP contribution is 2.27. The molecule has 1 aliphatic rings. The number of benzene rings is 1. The van der Waals surface area contributed by atoms with Gasteiger partial charge in [-0.05, 0) is 62.7 Å². The van der Waals surface area contributed by atoms with Gasteiger partial charge in [-0.2, -0.15) is 18.3 Å². The van der Waals surface area contributed by atoms with E-state index in [1.165, 1.54) is 23.8 Å². The summed E-state index contributed by atoms with van der Waals surface area (Å²) in [6, 6.07) is 8.98. The Bertz CT molecular complexity index is 686. The van der Waals surface area contributed by atoms with Crippen molar-refractivity contribution < 1.29 is 13.2 Å². The average Bonchev–Trinajstić information content (AvgIpc) is 3.12. The van der Waals surface area contributed by atoms with Crippen LogP contribution >= 0.6 is 0 Å². The first-order chi connectivity index (χ1) is 12.5. The Morgan fingerprint density at radius 3 is 2.38 bits per heavy atom. The van der Waals surface area contributed by atoms with E-state index in [0.717, 1.165) is 44.1 Å². The van der Waals surface area contributed by atoms with Crippen LogP contribution in [0.25, 0.3) is 5.69 Å². The zero-order valence-electron chi connectivity index (χ0n) is 15.0. The predicted octanol–water partition coefficient (Wildman–Crippen LogP) is 3.86. The number of rotatable bonds is 6. The van der Waals surface area contributed by atoms with Crippen molar-refractivity contribution in [3.05, 3.63) is 47.8 Å². The van der Waals surface area contributed by atoms with E-state index in [2.05, 4.69) is 22.2 Å². The Kier molecular flexibility index (Phi) is 5.98. The molecule has 0 atom stereocenters. The number of nitrogens with zero attached hydrogens (tertiary/aromatic N) is 3. The molecule has 7 heteroatoms. The molecule has 1 aromatic heterocycles. The molecule has 3 rings (SSSR count). The van der Waals surface area contributed by atoms with Gasteiger partial charge in [0.05, 0.1) is 5.69 Å². The molecule has 2 heterocycles. The molecule has 0 aliphatic carbocycles. The Morgan fingerprint density at radius 1 is 1.12 bits per heavy atom. The summed E-state index contributed by atoms with van der Waals surface area (Å²) in [5.41, 5.74) is 0.864. The third-order valence-electron chi connectivity index (χ3n) is 4.80. The molecule has 4 nitrogen and oxygen atoms in total. The van der Waals surface area contributed by atoms with Gasteiger partial charge < -0.3 is 10.2 Å². The Morgan fingerprint density at radius 2 is 1.81 bits per heavy atom. The van der Waals surface area contributed by atoms with Crippen molar-refractivity contribution in [3.8, 4) is 5.69 Å². The molecule has 2 aromatic rings. The van der Waals surface area contributed by atoms with Gasteiger partial charge in [-0.1, -0.05) is 19.1 Å². The lowest BCUT2D eigenvalue weighted by atomic mass is 10.0. The maximum absolute atomic E-state index is 12.6. The fourth-order valence-electron chi connectivity index (χ4n) is 3.32. The van der Waals surface area contributed by atoms with E-state index >= 15 is 0 Å². The number of nitrogens with one attached hydrogen (secondary N) is 1. The van der Waals surface area contributed by atoms with Crippen molar-refractivity contribution in [3.63, 3.8) is 0 Å². The number of aromatic nitrogens is 2. The van der Waals surface area contributed by atoms with Gasteiger partial charge in [0, 0.05) is 18.8 Å². The number of halogens is 3. The Balaban J connectivity index is 1.51. The van der Waals surface area contributed by atoms with Crippen LogP contribution in [0.4, 0.5) is 13.2 Å². The summed E-state index contributed by atoms with van der Waals surface area (Å²) in [6.45, 7) is 6.45. The minimum absolute atomic E-state index is 0.531. The van der Waals surface area contributed by atoms with Gasteiger partial charge >= 0.3 is 6.18 Å². The molecule has 1 saturated heterocycles. The van der Waals surface area contributed by atoms with Crippen LogP contribution < -0.4 is 5.32 Å². The maximum atomic E-state index is 12.6. The summed E-state index contributed by atoms with van der Waals surface area (Å²) < 4.78 is 39.2. The molecular formula is C19H25F3N4. The van der Waals surface area contributed by atoms with E-state index in [4.69, 9.17) is 0 Å². The SMILES string of the molecule is CCCN1CCC(NCc2ccc(-n3ccc(C(F)(F)F)n3)cc2)CC1. The molecule has 0 radical (unpaired) electrons. The predicted molar refractivity (Wildman–Crippen MR) is 95.2 cm³/mol. The van der Waals surface area contributed by atoms with Gasteiger partial charge in [-0.25, -0.2) is 4.68 Å². The van der Waals surface area contributed by atoms with Crippen molar-refractivity contribution in [1.82, 2.24) is 20.0 Å². The molecule has 0 spiro atoms. The highest BCUT2D eigenvalue weighted by Gasteiger charge is 2.33. The second-order valence-electron chi connectivity index (χ2n) is 6.81. The van der Waals surface area contributed by atoms with E-state index in [1.807, 2.05) is 12.1 Å². The van der Waals surface area contributed by atoms with Gasteiger partial charge in [0.15, 0.2) is 5.69 Å². The van der Waals surface area contributed by atoms with Crippen LogP contribution in [0.3, 0.4) is 0 Å². The summed E-state index contributed by atoms with van der Waals surface area (Å²) in [4.78, 5) is 2.51. The number of likely N-dealkylation sites (tertiary alicyclic amines) is 1. The number of alkyl halides is 3. The monoisotopic (exact) mass is 366 g/mol. The van der Waals surface area contributed by atoms with E-state index in [9.17, 15) is 13.2 Å². The first-order valence-electron chi connectivity index (χ1n) is 9.13. The summed E-state index contributed by atoms with van der Waals surface area (Å²) in [5.74, 6) is 0. The van der Waals surface area contributed by atoms with Gasteiger partial charge in [-0.3, -0.25) is 0 Å². The lowest BCUT2D eigenvalue weighted by molar-refractivity contribution is -0.141. The van der Waals surface area contributed by atoms with Crippen LogP contribution in [0.2, 0.25) is 0 Å². The molecule has 1 aliphatic heterocycles. The minimum atomic E-state index is -4.41. The highest BCUT2D eigenvalue weighted by molar-refractivity contribution is 5.34. The number of piperidine rings is 1. The lowest BCUT2D eigenvalue weighted by Crippen LogP contribution is -2.42. The minimum Gasteiger partial charge on any atom is -0.310 e. The third-order valence-corrected chi connectivity index (χ3v) is 4.80. The van der Waals surface area contributed by atoms with Crippen LogP contribution in [-0.4, -0.2) is 40.4 Å². The lowest BCUT2D eigenvalue weighted by Gasteiger charge is -2.32. The zero-order chi connectivity index (χ0) is 18.6. The van der Waals surface area contributed by atoms with Crippen LogP contribution in [0, 0.1) is 0 Å². The first-order valence-corrected chi connectivity index (χ1v) is 9.13. The molecule has 0 bridgehead atoms. The van der Waals surface area contributed by atoms with Gasteiger partial charge in [0.2, 0.25) is 0 Å². The molecule has 0 amide bonds. The van der Waals surface area contributed by atoms with E-state index < -0.39 is 11.9 Å². The Hall–Kier alpha value is -1.86. The Labute approximate surface area is 152 Å². The standard InChI is InChI=1S/C19H25F3N4/c1-2-10-25-11-7-16(8-12-25)23-14-15-3-5-17(6-4-15)26-13-9-18(24-26)19(20,21)22/h3-6,9,13,16,23H,2,7-8,10-12,14H2,1H3. The fourth-order valence-corrected chi connectivity index (χ4v) is 3.32. The smallest absolute Gasteiger partial charge is 0.310 e. The molecule has 1 fully saturated rings. The summed E-state index contributed by atoms with van der Waals surface area (Å²) in [7, 11) is 0. The molecule has 26 heavy (non-hydrogen) atoms. The normalized spacial score (nSPS) is 16.9. The van der Waals surface area contributed by atoms with Crippen molar-refractivity contribution >= 4 is 0 Å². The van der Waals surface area contributed by atoms with E-state index in [0.29, 0.717) is 11.7 Å². The summed E-state index contributed by atoms with van der Waals surface area (Å²) in [6.07, 6.45) is 0.435. The largest absolute Gasteiger partial charge is 0.435 e. The fraction of sp³-hybridized carbons (Fsp3) is 0.526. The third kappa shape index (κ3) is 4.86. The molecule has 1 aromatic carbocycles. The second-order valence-corrected chi connectivity index (χ2v) is 6.81. The number of hydrogen-bond acceptors (Lipinski definition) is 3. The molecule has 0 saturated carbocycles. The van der Waals surface area contributed by atoms with Crippen molar-refractivity contribution in [2.75, 3.05) is 19.6 Å². The van der Waals surface area contributed by atoms with Crippen LogP contribution in [0.1, 0.15) is 37.4 Å². The summed E-state index contributed by atoms with van der Waals surface area (Å²) in [5, 5.41) is 7.18. The molecule has 142 valence electrons. The maximum Gasteiger partial charge on any atom is 0.435 e. The summed E-state index contributed by atoms with van der Waals surface area (Å²) >= 11 is 0. The quantitative estimate of drug-likeness (QED) is 0.843. The van der Waals surface area contributed by atoms with E-state index in [-0.39, 0.29) is 0 Å². The van der Waals surface area contributed by atoms with E-state index in [1.54, 1.807) is 12.1 Å². The average molecular weight is 366 g/mol. The number of hydrogen-bond donors (Lipinski definition) is 1. The van der Waals surface area contributed by atoms with Gasteiger partial charge in [-0.15, -0.1) is 0 Å². The topological polar surface area (TPSA) is 33.1 Å². The van der Waals surface area contributed by atoms with Crippen LogP contribution in [0.5, 0.6) is 0 Å². The van der Waals surface area contributed by atoms with Crippen LogP contribution in [0.15, 0.2) is 36.5 Å².